The van der Waals surface area contributed by atoms with Gasteiger partial charge in [0.15, 0.2) is 0 Å². The lowest BCUT2D eigenvalue weighted by atomic mass is 9.95. The molecule has 0 aliphatic heterocycles. The molecule has 18 heavy (non-hydrogen) atoms. The molecular weight excluding hydrogens is 230 g/mol. The molecule has 0 aromatic heterocycles. The number of rotatable bonds is 5. The maximum atomic E-state index is 12.1. The lowest BCUT2D eigenvalue weighted by Gasteiger charge is -2.15. The van der Waals surface area contributed by atoms with E-state index in [0.29, 0.717) is 6.61 Å². The molecule has 0 radical (unpaired) electrons. The number of nitrogens with one attached hydrogen (secondary N) is 1. The molecule has 0 unspecified atom stereocenters. The van der Waals surface area contributed by atoms with Crippen molar-refractivity contribution < 1.29 is 14.3 Å². The summed E-state index contributed by atoms with van der Waals surface area (Å²) in [5.74, 6) is -0.475. The van der Waals surface area contributed by atoms with Crippen molar-refractivity contribution >= 4 is 11.9 Å². The van der Waals surface area contributed by atoms with Gasteiger partial charge in [-0.2, -0.15) is 0 Å². The molecule has 0 saturated heterocycles. The number of ether oxygens (including phenoxy) is 1. The second-order valence-corrected chi connectivity index (χ2v) is 4.44. The van der Waals surface area contributed by atoms with Gasteiger partial charge in [-0.3, -0.25) is 9.59 Å². The highest BCUT2D eigenvalue weighted by molar-refractivity contribution is 5.93. The van der Waals surface area contributed by atoms with E-state index in [2.05, 4.69) is 5.32 Å². The molecule has 1 N–H and O–H groups in total. The zero-order valence-electron chi connectivity index (χ0n) is 10.4. The first-order valence-corrected chi connectivity index (χ1v) is 6.18. The molecule has 4 nitrogen and oxygen atoms in total. The molecule has 4 heteroatoms. The quantitative estimate of drug-likeness (QED) is 0.800. The van der Waals surface area contributed by atoms with E-state index in [4.69, 9.17) is 4.74 Å². The zero-order chi connectivity index (χ0) is 13.0. The van der Waals surface area contributed by atoms with Crippen molar-refractivity contribution in [3.05, 3.63) is 35.9 Å². The minimum Gasteiger partial charge on any atom is -0.465 e. The van der Waals surface area contributed by atoms with Gasteiger partial charge in [-0.25, -0.2) is 0 Å². The summed E-state index contributed by atoms with van der Waals surface area (Å²) in [6.45, 7) is 2.02. The van der Waals surface area contributed by atoms with Crippen LogP contribution in [0.25, 0.3) is 0 Å². The van der Waals surface area contributed by atoms with Crippen LogP contribution in [0.3, 0.4) is 0 Å². The van der Waals surface area contributed by atoms with Crippen molar-refractivity contribution in [1.82, 2.24) is 5.32 Å². The van der Waals surface area contributed by atoms with Gasteiger partial charge in [0.2, 0.25) is 5.91 Å². The van der Waals surface area contributed by atoms with Crippen LogP contribution >= 0.6 is 0 Å². The zero-order valence-corrected chi connectivity index (χ0v) is 10.4. The molecule has 1 aromatic carbocycles. The molecule has 1 aliphatic rings. The second kappa shape index (κ2) is 5.21. The maximum absolute atomic E-state index is 12.1. The van der Waals surface area contributed by atoms with Crippen molar-refractivity contribution in [2.75, 3.05) is 13.2 Å². The van der Waals surface area contributed by atoms with Crippen molar-refractivity contribution in [2.24, 2.45) is 0 Å². The van der Waals surface area contributed by atoms with Gasteiger partial charge in [-0.15, -0.1) is 0 Å². The number of hydrogen-bond acceptors (Lipinski definition) is 3. The van der Waals surface area contributed by atoms with E-state index in [-0.39, 0.29) is 12.5 Å². The van der Waals surface area contributed by atoms with Crippen LogP contribution in [0.15, 0.2) is 30.3 Å². The Morgan fingerprint density at radius 1 is 1.28 bits per heavy atom. The number of hydrogen-bond donors (Lipinski definition) is 1. The van der Waals surface area contributed by atoms with Crippen LogP contribution in [0.2, 0.25) is 0 Å². The molecule has 1 saturated carbocycles. The van der Waals surface area contributed by atoms with Crippen LogP contribution < -0.4 is 5.32 Å². The first-order valence-electron chi connectivity index (χ1n) is 6.18. The van der Waals surface area contributed by atoms with Crippen LogP contribution in [0.4, 0.5) is 0 Å². The molecule has 2 rings (SSSR count). The Labute approximate surface area is 106 Å². The van der Waals surface area contributed by atoms with Gasteiger partial charge in [-0.05, 0) is 25.3 Å². The molecular formula is C14H17NO3. The highest BCUT2D eigenvalue weighted by Gasteiger charge is 2.51. The predicted molar refractivity (Wildman–Crippen MR) is 67.0 cm³/mol. The fourth-order valence-electron chi connectivity index (χ4n) is 2.06. The van der Waals surface area contributed by atoms with Gasteiger partial charge < -0.3 is 10.1 Å². The predicted octanol–water partition coefficient (Wildman–Crippen LogP) is 1.40. The van der Waals surface area contributed by atoms with E-state index in [0.717, 1.165) is 18.4 Å². The third kappa shape index (κ3) is 2.53. The van der Waals surface area contributed by atoms with Crippen LogP contribution in [0, 0.1) is 0 Å². The molecule has 1 aromatic rings. The number of carbonyl (C=O) groups excluding carboxylic acids is 2. The van der Waals surface area contributed by atoms with Crippen LogP contribution in [-0.2, 0) is 19.7 Å². The third-order valence-electron chi connectivity index (χ3n) is 3.21. The second-order valence-electron chi connectivity index (χ2n) is 4.44. The normalized spacial score (nSPS) is 15.8. The number of esters is 1. The summed E-state index contributed by atoms with van der Waals surface area (Å²) < 4.78 is 4.78. The molecule has 96 valence electrons. The van der Waals surface area contributed by atoms with Gasteiger partial charge in [0.25, 0.3) is 0 Å². The first-order chi connectivity index (χ1) is 8.69. The van der Waals surface area contributed by atoms with E-state index < -0.39 is 11.4 Å². The van der Waals surface area contributed by atoms with E-state index in [1.165, 1.54) is 0 Å². The molecule has 1 aliphatic carbocycles. The average molecular weight is 247 g/mol. The van der Waals surface area contributed by atoms with Crippen LogP contribution in [-0.4, -0.2) is 25.0 Å². The summed E-state index contributed by atoms with van der Waals surface area (Å²) in [6.07, 6.45) is 1.68. The standard InChI is InChI=1S/C14H17NO3/c1-2-18-12(16)10-15-13(17)14(8-9-14)11-6-4-3-5-7-11/h3-7H,2,8-10H2,1H3,(H,15,17). The summed E-state index contributed by atoms with van der Waals surface area (Å²) in [6, 6.07) is 9.69. The van der Waals surface area contributed by atoms with Crippen LogP contribution in [0.1, 0.15) is 25.3 Å². The molecule has 0 heterocycles. The number of amides is 1. The summed E-state index contributed by atoms with van der Waals surface area (Å²) in [7, 11) is 0. The van der Waals surface area contributed by atoms with Gasteiger partial charge in [0.1, 0.15) is 6.54 Å². The molecule has 1 amide bonds. The van der Waals surface area contributed by atoms with E-state index in [1.54, 1.807) is 6.92 Å². The topological polar surface area (TPSA) is 55.4 Å². The molecule has 0 spiro atoms. The van der Waals surface area contributed by atoms with Gasteiger partial charge >= 0.3 is 5.97 Å². The van der Waals surface area contributed by atoms with Gasteiger partial charge in [0, 0.05) is 0 Å². The average Bonchev–Trinajstić information content (AvgIpc) is 3.19. The maximum Gasteiger partial charge on any atom is 0.325 e. The largest absolute Gasteiger partial charge is 0.465 e. The lowest BCUT2D eigenvalue weighted by Crippen LogP contribution is -2.38. The van der Waals surface area contributed by atoms with E-state index >= 15 is 0 Å². The summed E-state index contributed by atoms with van der Waals surface area (Å²) in [5.41, 5.74) is 0.597. The van der Waals surface area contributed by atoms with Gasteiger partial charge in [-0.1, -0.05) is 30.3 Å². The third-order valence-corrected chi connectivity index (χ3v) is 3.21. The summed E-state index contributed by atoms with van der Waals surface area (Å²) in [4.78, 5) is 23.3. The fraction of sp³-hybridized carbons (Fsp3) is 0.429. The van der Waals surface area contributed by atoms with Crippen molar-refractivity contribution in [2.45, 2.75) is 25.2 Å². The summed E-state index contributed by atoms with van der Waals surface area (Å²) >= 11 is 0. The van der Waals surface area contributed by atoms with Crippen LogP contribution in [0.5, 0.6) is 0 Å². The fourth-order valence-corrected chi connectivity index (χ4v) is 2.06. The monoisotopic (exact) mass is 247 g/mol. The molecule has 1 fully saturated rings. The Bertz CT molecular complexity index is 438. The highest BCUT2D eigenvalue weighted by atomic mass is 16.5. The lowest BCUT2D eigenvalue weighted by molar-refractivity contribution is -0.143. The molecule has 0 atom stereocenters. The Hall–Kier alpha value is -1.84. The minimum atomic E-state index is -0.423. The van der Waals surface area contributed by atoms with Crippen molar-refractivity contribution in [1.29, 1.82) is 0 Å². The highest BCUT2D eigenvalue weighted by Crippen LogP contribution is 2.48. The van der Waals surface area contributed by atoms with E-state index in [1.807, 2.05) is 30.3 Å². The Kier molecular flexibility index (Phi) is 3.65. The Morgan fingerprint density at radius 3 is 2.50 bits per heavy atom. The van der Waals surface area contributed by atoms with Crippen molar-refractivity contribution in [3.63, 3.8) is 0 Å². The first kappa shape index (κ1) is 12.6. The van der Waals surface area contributed by atoms with E-state index in [9.17, 15) is 9.59 Å². The number of carbonyl (C=O) groups is 2. The SMILES string of the molecule is CCOC(=O)CNC(=O)C1(c2ccccc2)CC1. The smallest absolute Gasteiger partial charge is 0.325 e. The Balaban J connectivity index is 1.95. The minimum absolute atomic E-state index is 0.0543. The summed E-state index contributed by atoms with van der Waals surface area (Å²) in [5, 5.41) is 2.66. The van der Waals surface area contributed by atoms with Gasteiger partial charge in [0.05, 0.1) is 12.0 Å². The Morgan fingerprint density at radius 2 is 1.94 bits per heavy atom. The van der Waals surface area contributed by atoms with Crippen molar-refractivity contribution in [3.8, 4) is 0 Å². The molecule has 0 bridgehead atoms. The number of benzene rings is 1.